The second-order valence-corrected chi connectivity index (χ2v) is 8.56. The molecule has 4 N–H and O–H groups in total. The summed E-state index contributed by atoms with van der Waals surface area (Å²) in [5, 5.41) is 0. The van der Waals surface area contributed by atoms with E-state index in [1.165, 1.54) is 18.0 Å². The predicted octanol–water partition coefficient (Wildman–Crippen LogP) is -1.52. The number of H-pyrrole nitrogens is 1. The predicted molar refractivity (Wildman–Crippen MR) is 100 cm³/mol. The number of nitrogens with zero attached hydrogens (tertiary/aromatic N) is 3. The van der Waals surface area contributed by atoms with Gasteiger partial charge < -0.3 is 19.9 Å². The number of aromatic amines is 1. The van der Waals surface area contributed by atoms with Crippen LogP contribution in [-0.4, -0.2) is 71.6 Å². The summed E-state index contributed by atoms with van der Waals surface area (Å²) in [6.07, 6.45) is -2.24. The van der Waals surface area contributed by atoms with E-state index < -0.39 is 46.0 Å². The molecule has 1 aliphatic rings. The highest BCUT2D eigenvalue weighted by atomic mass is 32.2. The fraction of sp³-hybridized carbons (Fsp3) is 0.600. The molecule has 0 saturated carbocycles. The Kier molecular flexibility index (Phi) is 5.62. The summed E-state index contributed by atoms with van der Waals surface area (Å²) in [5.74, 6) is -1.03. The number of rotatable bonds is 6. The Morgan fingerprint density at radius 2 is 2.10 bits per heavy atom. The maximum atomic E-state index is 12.5. The van der Waals surface area contributed by atoms with Gasteiger partial charge in [0.2, 0.25) is 16.0 Å². The Balaban J connectivity index is 2.05. The van der Waals surface area contributed by atoms with Crippen molar-refractivity contribution in [1.29, 1.82) is 0 Å². The molecule has 14 heteroatoms. The van der Waals surface area contributed by atoms with E-state index in [1.54, 1.807) is 13.8 Å². The van der Waals surface area contributed by atoms with Crippen molar-refractivity contribution in [1.82, 2.24) is 24.2 Å². The van der Waals surface area contributed by atoms with Crippen LogP contribution >= 0.6 is 0 Å². The number of hydrogen-bond donors (Lipinski definition) is 3. The third-order valence-corrected chi connectivity index (χ3v) is 4.73. The fourth-order valence-electron chi connectivity index (χ4n) is 3.16. The van der Waals surface area contributed by atoms with Gasteiger partial charge in [0.05, 0.1) is 18.7 Å². The van der Waals surface area contributed by atoms with Gasteiger partial charge in [-0.3, -0.25) is 23.9 Å². The maximum absolute atomic E-state index is 12.5. The van der Waals surface area contributed by atoms with E-state index in [-0.39, 0.29) is 23.2 Å². The number of anilines is 1. The molecule has 0 aromatic carbocycles. The lowest BCUT2D eigenvalue weighted by molar-refractivity contribution is -0.139. The van der Waals surface area contributed by atoms with Crippen molar-refractivity contribution < 1.29 is 27.4 Å². The molecule has 0 radical (unpaired) electrons. The molecule has 1 saturated heterocycles. The average Bonchev–Trinajstić information content (AvgIpc) is 3.13. The summed E-state index contributed by atoms with van der Waals surface area (Å²) in [5.41, 5.74) is 5.21. The van der Waals surface area contributed by atoms with Gasteiger partial charge in [-0.1, -0.05) is 0 Å². The number of nitrogen functional groups attached to an aromatic ring is 1. The molecule has 2 aromatic rings. The van der Waals surface area contributed by atoms with Crippen LogP contribution in [0.15, 0.2) is 11.1 Å². The zero-order valence-electron chi connectivity index (χ0n) is 16.1. The van der Waals surface area contributed by atoms with Crippen LogP contribution in [0.3, 0.4) is 0 Å². The highest BCUT2D eigenvalue weighted by Gasteiger charge is 2.51. The van der Waals surface area contributed by atoms with E-state index in [0.717, 1.165) is 6.26 Å². The minimum atomic E-state index is -3.82. The van der Waals surface area contributed by atoms with Crippen molar-refractivity contribution in [3.8, 4) is 0 Å². The molecule has 1 amide bonds. The molecule has 0 bridgehead atoms. The van der Waals surface area contributed by atoms with Crippen molar-refractivity contribution in [2.45, 2.75) is 44.5 Å². The van der Waals surface area contributed by atoms with Crippen LogP contribution in [0.1, 0.15) is 20.1 Å². The molecule has 0 spiro atoms. The summed E-state index contributed by atoms with van der Waals surface area (Å²) in [4.78, 5) is 35.0. The highest BCUT2D eigenvalue weighted by molar-refractivity contribution is 7.89. The number of imidazole rings is 1. The van der Waals surface area contributed by atoms with Crippen LogP contribution in [0.25, 0.3) is 11.2 Å². The quantitative estimate of drug-likeness (QED) is 0.487. The SMILES string of the molecule is CO[C@@H]1[C@H](OC(C)C)[C@@H](C(=O)NS(C)(=O)=O)O[C@H]1n1cnc2c(=O)[nH]c(N)nc21. The number of ether oxygens (including phenoxy) is 3. The van der Waals surface area contributed by atoms with Crippen molar-refractivity contribution in [2.24, 2.45) is 0 Å². The van der Waals surface area contributed by atoms with Crippen LogP contribution in [0, 0.1) is 0 Å². The van der Waals surface area contributed by atoms with Gasteiger partial charge in [0, 0.05) is 7.11 Å². The highest BCUT2D eigenvalue weighted by Crippen LogP contribution is 2.35. The Hall–Kier alpha value is -2.55. The Morgan fingerprint density at radius 3 is 2.69 bits per heavy atom. The summed E-state index contributed by atoms with van der Waals surface area (Å²) in [6.45, 7) is 3.50. The lowest BCUT2D eigenvalue weighted by Gasteiger charge is -2.25. The van der Waals surface area contributed by atoms with E-state index >= 15 is 0 Å². The third-order valence-electron chi connectivity index (χ3n) is 4.16. The van der Waals surface area contributed by atoms with Crippen LogP contribution in [0.4, 0.5) is 5.95 Å². The molecule has 3 rings (SSSR count). The second-order valence-electron chi connectivity index (χ2n) is 6.81. The molecule has 13 nitrogen and oxygen atoms in total. The van der Waals surface area contributed by atoms with Gasteiger partial charge in [-0.25, -0.2) is 13.4 Å². The van der Waals surface area contributed by atoms with Crippen LogP contribution in [-0.2, 0) is 29.0 Å². The van der Waals surface area contributed by atoms with E-state index in [1.807, 2.05) is 4.72 Å². The van der Waals surface area contributed by atoms with Gasteiger partial charge in [0.15, 0.2) is 23.5 Å². The zero-order valence-corrected chi connectivity index (χ0v) is 17.0. The van der Waals surface area contributed by atoms with Gasteiger partial charge in [-0.15, -0.1) is 0 Å². The third kappa shape index (κ3) is 4.24. The summed E-state index contributed by atoms with van der Waals surface area (Å²) in [7, 11) is -2.43. The Labute approximate surface area is 165 Å². The summed E-state index contributed by atoms with van der Waals surface area (Å²) < 4.78 is 43.4. The van der Waals surface area contributed by atoms with Gasteiger partial charge in [-0.05, 0) is 13.8 Å². The lowest BCUT2D eigenvalue weighted by Crippen LogP contribution is -2.47. The van der Waals surface area contributed by atoms with Gasteiger partial charge in [-0.2, -0.15) is 4.98 Å². The van der Waals surface area contributed by atoms with Crippen molar-refractivity contribution in [3.05, 3.63) is 16.7 Å². The molecule has 0 unspecified atom stereocenters. The first-order valence-corrected chi connectivity index (χ1v) is 10.5. The number of methoxy groups -OCH3 is 1. The van der Waals surface area contributed by atoms with E-state index in [9.17, 15) is 18.0 Å². The molecule has 1 aliphatic heterocycles. The van der Waals surface area contributed by atoms with Crippen molar-refractivity contribution in [2.75, 3.05) is 19.1 Å². The van der Waals surface area contributed by atoms with Crippen LogP contribution in [0.5, 0.6) is 0 Å². The van der Waals surface area contributed by atoms with Crippen molar-refractivity contribution in [3.63, 3.8) is 0 Å². The second kappa shape index (κ2) is 7.70. The molecule has 160 valence electrons. The molecule has 0 aliphatic carbocycles. The smallest absolute Gasteiger partial charge is 0.280 e. The monoisotopic (exact) mass is 430 g/mol. The number of amides is 1. The Bertz CT molecular complexity index is 1080. The number of carbonyl (C=O) groups excluding carboxylic acids is 1. The normalized spacial score (nSPS) is 25.0. The van der Waals surface area contributed by atoms with E-state index in [2.05, 4.69) is 15.0 Å². The minimum absolute atomic E-state index is 0.0167. The number of hydrogen-bond acceptors (Lipinski definition) is 10. The zero-order chi connectivity index (χ0) is 21.5. The molecule has 1 fully saturated rings. The molecule has 4 atom stereocenters. The molecular weight excluding hydrogens is 408 g/mol. The molecule has 29 heavy (non-hydrogen) atoms. The maximum Gasteiger partial charge on any atom is 0.280 e. The van der Waals surface area contributed by atoms with Gasteiger partial charge in [0.25, 0.3) is 11.5 Å². The van der Waals surface area contributed by atoms with E-state index in [0.29, 0.717) is 0 Å². The van der Waals surface area contributed by atoms with Crippen LogP contribution in [0.2, 0.25) is 0 Å². The number of sulfonamides is 1. The standard InChI is InChI=1S/C15H22N6O7S/c1-6(2)27-8-9(13(23)20-29(4,24)25)28-14(10(8)26-3)21-5-17-7-11(21)18-15(16)19-12(7)22/h5-6,8-10,14H,1-4H3,(H,20,23)(H3,16,18,19,22)/t8-,9+,10-,14-/m1/s1. The first kappa shape index (κ1) is 21.2. The van der Waals surface area contributed by atoms with Crippen molar-refractivity contribution >= 4 is 33.0 Å². The summed E-state index contributed by atoms with van der Waals surface area (Å²) in [6, 6.07) is 0. The largest absolute Gasteiger partial charge is 0.374 e. The number of fused-ring (bicyclic) bond motifs is 1. The van der Waals surface area contributed by atoms with Gasteiger partial charge in [0.1, 0.15) is 12.2 Å². The van der Waals surface area contributed by atoms with Gasteiger partial charge >= 0.3 is 0 Å². The fourth-order valence-corrected chi connectivity index (χ4v) is 3.64. The minimum Gasteiger partial charge on any atom is -0.374 e. The summed E-state index contributed by atoms with van der Waals surface area (Å²) >= 11 is 0. The molecule has 3 heterocycles. The number of nitrogens with two attached hydrogens (primary N) is 1. The topological polar surface area (TPSA) is 181 Å². The number of aromatic nitrogens is 4. The number of nitrogens with one attached hydrogen (secondary N) is 2. The first-order chi connectivity index (χ1) is 13.5. The van der Waals surface area contributed by atoms with E-state index in [4.69, 9.17) is 19.9 Å². The first-order valence-electron chi connectivity index (χ1n) is 8.59. The lowest BCUT2D eigenvalue weighted by atomic mass is 10.1. The average molecular weight is 430 g/mol. The number of carbonyl (C=O) groups is 1. The molecule has 2 aromatic heterocycles. The molecular formula is C15H22N6O7S. The van der Waals surface area contributed by atoms with Crippen LogP contribution < -0.4 is 16.0 Å². The Morgan fingerprint density at radius 1 is 1.41 bits per heavy atom.